The molecule has 8 nitrogen and oxygen atoms in total. The molecule has 3 aromatic carbocycles. The molecule has 6 rings (SSSR count). The lowest BCUT2D eigenvalue weighted by atomic mass is 10.1. The summed E-state index contributed by atoms with van der Waals surface area (Å²) in [6.45, 7) is 0. The van der Waals surface area contributed by atoms with E-state index in [2.05, 4.69) is 20.7 Å². The summed E-state index contributed by atoms with van der Waals surface area (Å²) < 4.78 is 3.70. The second-order valence-electron chi connectivity index (χ2n) is 8.28. The quantitative estimate of drug-likeness (QED) is 0.301. The van der Waals surface area contributed by atoms with Crippen molar-refractivity contribution in [1.29, 1.82) is 0 Å². The number of thiophene rings is 1. The fraction of sp³-hybridized carbons (Fsp3) is 0. The first-order valence-electron chi connectivity index (χ1n) is 11.5. The molecule has 0 spiro atoms. The van der Waals surface area contributed by atoms with Crippen molar-refractivity contribution < 1.29 is 9.59 Å². The summed E-state index contributed by atoms with van der Waals surface area (Å²) in [5.41, 5.74) is 4.65. The van der Waals surface area contributed by atoms with Crippen LogP contribution in [0.5, 0.6) is 0 Å². The van der Waals surface area contributed by atoms with Crippen molar-refractivity contribution in [3.63, 3.8) is 0 Å². The minimum atomic E-state index is -0.191. The molecule has 0 bridgehead atoms. The van der Waals surface area contributed by atoms with Gasteiger partial charge in [0.15, 0.2) is 0 Å². The molecule has 0 unspecified atom stereocenters. The second-order valence-corrected chi connectivity index (χ2v) is 9.23. The Labute approximate surface area is 215 Å². The zero-order valence-electron chi connectivity index (χ0n) is 19.4. The molecule has 3 aromatic heterocycles. The van der Waals surface area contributed by atoms with Crippen LogP contribution in [0.3, 0.4) is 0 Å². The van der Waals surface area contributed by atoms with Gasteiger partial charge in [-0.25, -0.2) is 9.67 Å². The number of nitrogens with zero attached hydrogens (tertiary/aromatic N) is 4. The molecule has 0 aliphatic carbocycles. The van der Waals surface area contributed by atoms with Gasteiger partial charge in [0.2, 0.25) is 0 Å². The van der Waals surface area contributed by atoms with Crippen molar-refractivity contribution in [3.05, 3.63) is 120 Å². The number of nitrogens with one attached hydrogen (secondary N) is 2. The molecule has 180 valence electrons. The molecule has 37 heavy (non-hydrogen) atoms. The highest BCUT2D eigenvalue weighted by atomic mass is 32.1. The molecule has 0 aliphatic rings. The van der Waals surface area contributed by atoms with E-state index < -0.39 is 0 Å². The smallest absolute Gasteiger partial charge is 0.265 e. The summed E-state index contributed by atoms with van der Waals surface area (Å²) in [5.74, 6) is -0.319. The van der Waals surface area contributed by atoms with Gasteiger partial charge in [-0.3, -0.25) is 9.59 Å². The van der Waals surface area contributed by atoms with E-state index in [9.17, 15) is 9.59 Å². The predicted octanol–water partition coefficient (Wildman–Crippen LogP) is 5.78. The average Bonchev–Trinajstić information content (AvgIpc) is 3.71. The van der Waals surface area contributed by atoms with Crippen molar-refractivity contribution in [2.75, 3.05) is 10.6 Å². The number of fused-ring (bicyclic) bond motifs is 1. The Hall–Kier alpha value is -5.02. The maximum absolute atomic E-state index is 12.8. The third-order valence-corrected chi connectivity index (χ3v) is 6.74. The molecule has 3 heterocycles. The lowest BCUT2D eigenvalue weighted by Crippen LogP contribution is -2.11. The van der Waals surface area contributed by atoms with E-state index >= 15 is 0 Å². The summed E-state index contributed by atoms with van der Waals surface area (Å²) in [4.78, 5) is 29.8. The molecule has 0 radical (unpaired) electrons. The predicted molar refractivity (Wildman–Crippen MR) is 145 cm³/mol. The number of carbonyl (C=O) groups is 2. The Morgan fingerprint density at radius 3 is 2.30 bits per heavy atom. The third kappa shape index (κ3) is 4.63. The van der Waals surface area contributed by atoms with Gasteiger partial charge in [0.05, 0.1) is 28.6 Å². The Bertz CT molecular complexity index is 1690. The van der Waals surface area contributed by atoms with Gasteiger partial charge in [0.1, 0.15) is 0 Å². The van der Waals surface area contributed by atoms with E-state index in [1.165, 1.54) is 11.3 Å². The number of imidazole rings is 1. The van der Waals surface area contributed by atoms with Crippen LogP contribution in [0.2, 0.25) is 0 Å². The van der Waals surface area contributed by atoms with E-state index in [1.54, 1.807) is 36.9 Å². The number of aromatic nitrogens is 4. The van der Waals surface area contributed by atoms with Crippen LogP contribution in [-0.4, -0.2) is 31.1 Å². The first-order valence-corrected chi connectivity index (χ1v) is 12.3. The number of hydrogen-bond donors (Lipinski definition) is 2. The molecular formula is C28H20N6O2S. The van der Waals surface area contributed by atoms with Crippen LogP contribution in [0.15, 0.2) is 109 Å². The molecule has 0 aliphatic heterocycles. The number of hydrogen-bond acceptors (Lipinski definition) is 5. The molecular weight excluding hydrogens is 484 g/mol. The van der Waals surface area contributed by atoms with Gasteiger partial charge in [-0.15, -0.1) is 11.3 Å². The van der Waals surface area contributed by atoms with Crippen LogP contribution in [0, 0.1) is 0 Å². The molecule has 2 N–H and O–H groups in total. The number of benzene rings is 3. The van der Waals surface area contributed by atoms with Gasteiger partial charge >= 0.3 is 0 Å². The van der Waals surface area contributed by atoms with Crippen LogP contribution >= 0.6 is 11.3 Å². The van der Waals surface area contributed by atoms with E-state index in [1.807, 2.05) is 81.5 Å². The highest BCUT2D eigenvalue weighted by Crippen LogP contribution is 2.24. The number of anilines is 2. The van der Waals surface area contributed by atoms with E-state index in [0.717, 1.165) is 22.3 Å². The maximum atomic E-state index is 12.8. The number of amides is 2. The van der Waals surface area contributed by atoms with Crippen LogP contribution in [0.1, 0.15) is 20.0 Å². The summed E-state index contributed by atoms with van der Waals surface area (Å²) in [6.07, 6.45) is 7.03. The van der Waals surface area contributed by atoms with Crippen molar-refractivity contribution in [2.45, 2.75) is 0 Å². The minimum Gasteiger partial charge on any atom is -0.322 e. The topological polar surface area (TPSA) is 93.8 Å². The summed E-state index contributed by atoms with van der Waals surface area (Å²) in [6, 6.07) is 24.1. The summed E-state index contributed by atoms with van der Waals surface area (Å²) in [5, 5.41) is 13.1. The lowest BCUT2D eigenvalue weighted by molar-refractivity contribution is 0.102. The average molecular weight is 505 g/mol. The molecule has 0 saturated heterocycles. The molecule has 9 heteroatoms. The molecule has 0 saturated carbocycles. The fourth-order valence-corrected chi connectivity index (χ4v) is 4.62. The molecule has 6 aromatic rings. The Morgan fingerprint density at radius 2 is 1.57 bits per heavy atom. The zero-order valence-corrected chi connectivity index (χ0v) is 20.2. The van der Waals surface area contributed by atoms with E-state index in [0.29, 0.717) is 21.8 Å². The standard InChI is InChI=1S/C28H20N6O2S/c35-27(19-3-8-23(9-4-19)33-14-13-29-18-33)32-22-7-12-25-20(16-22)17-30-34(25)24-10-5-21(6-11-24)31-28(36)26-2-1-15-37-26/h1-18H,(H,31,36)(H,32,35). The van der Waals surface area contributed by atoms with E-state index in [4.69, 9.17) is 0 Å². The normalized spacial score (nSPS) is 10.9. The molecule has 0 atom stereocenters. The van der Waals surface area contributed by atoms with Crippen molar-refractivity contribution >= 4 is 45.4 Å². The lowest BCUT2D eigenvalue weighted by Gasteiger charge is -2.09. The fourth-order valence-electron chi connectivity index (χ4n) is 4.00. The maximum Gasteiger partial charge on any atom is 0.265 e. The molecule has 2 amide bonds. The van der Waals surface area contributed by atoms with Gasteiger partial charge in [0.25, 0.3) is 11.8 Å². The van der Waals surface area contributed by atoms with Crippen LogP contribution in [0.25, 0.3) is 22.3 Å². The highest BCUT2D eigenvalue weighted by Gasteiger charge is 2.11. The van der Waals surface area contributed by atoms with Gasteiger partial charge < -0.3 is 15.2 Å². The number of rotatable bonds is 6. The second kappa shape index (κ2) is 9.56. The Morgan fingerprint density at radius 1 is 0.811 bits per heavy atom. The van der Waals surface area contributed by atoms with Crippen molar-refractivity contribution in [2.24, 2.45) is 0 Å². The van der Waals surface area contributed by atoms with Crippen molar-refractivity contribution in [1.82, 2.24) is 19.3 Å². The van der Waals surface area contributed by atoms with E-state index in [-0.39, 0.29) is 11.8 Å². The Kier molecular flexibility index (Phi) is 5.80. The van der Waals surface area contributed by atoms with Gasteiger partial charge in [0, 0.05) is 40.4 Å². The van der Waals surface area contributed by atoms with Crippen LogP contribution < -0.4 is 10.6 Å². The molecule has 0 fully saturated rings. The van der Waals surface area contributed by atoms with Crippen LogP contribution in [0.4, 0.5) is 11.4 Å². The van der Waals surface area contributed by atoms with Crippen LogP contribution in [-0.2, 0) is 0 Å². The summed E-state index contributed by atoms with van der Waals surface area (Å²) in [7, 11) is 0. The third-order valence-electron chi connectivity index (χ3n) is 5.87. The Balaban J connectivity index is 1.16. The van der Waals surface area contributed by atoms with Gasteiger partial charge in [-0.2, -0.15) is 5.10 Å². The first kappa shape index (κ1) is 22.4. The van der Waals surface area contributed by atoms with Crippen molar-refractivity contribution in [3.8, 4) is 11.4 Å². The zero-order chi connectivity index (χ0) is 25.2. The monoisotopic (exact) mass is 504 g/mol. The minimum absolute atomic E-state index is 0.129. The number of carbonyl (C=O) groups excluding carboxylic acids is 2. The SMILES string of the molecule is O=C(Nc1ccc2c(cnn2-c2ccc(NC(=O)c3cccs3)cc2)c1)c1ccc(-n2ccnc2)cc1. The van der Waals surface area contributed by atoms with Gasteiger partial charge in [-0.05, 0) is 78.2 Å². The first-order chi connectivity index (χ1) is 18.1. The highest BCUT2D eigenvalue weighted by molar-refractivity contribution is 7.12. The largest absolute Gasteiger partial charge is 0.322 e. The summed E-state index contributed by atoms with van der Waals surface area (Å²) >= 11 is 1.40. The van der Waals surface area contributed by atoms with Gasteiger partial charge in [-0.1, -0.05) is 6.07 Å².